The first-order chi connectivity index (χ1) is 12.6. The van der Waals surface area contributed by atoms with Gasteiger partial charge < -0.3 is 10.4 Å². The van der Waals surface area contributed by atoms with Crippen LogP contribution in [0.2, 0.25) is 0 Å². The summed E-state index contributed by atoms with van der Waals surface area (Å²) < 4.78 is 0. The van der Waals surface area contributed by atoms with E-state index >= 15 is 0 Å². The van der Waals surface area contributed by atoms with Crippen LogP contribution in [-0.4, -0.2) is 5.11 Å². The number of hydrogen-bond donors (Lipinski definition) is 1. The summed E-state index contributed by atoms with van der Waals surface area (Å²) in [5, 5.41) is 17.1. The Balaban J connectivity index is 0.00000117. The van der Waals surface area contributed by atoms with E-state index in [9.17, 15) is 5.11 Å². The van der Waals surface area contributed by atoms with Crippen LogP contribution in [0.15, 0.2) is 66.7 Å². The second-order valence-electron chi connectivity index (χ2n) is 5.91. The predicted octanol–water partition coefficient (Wildman–Crippen LogP) is 5.53. The molecule has 0 heterocycles. The molecule has 3 aromatic rings. The Kier molecular flexibility index (Phi) is 8.68. The molecule has 1 N–H and O–H groups in total. The Morgan fingerprint density at radius 2 is 1.69 bits per heavy atom. The van der Waals surface area contributed by atoms with Crippen molar-refractivity contribution in [1.82, 2.24) is 0 Å². The molecule has 0 aliphatic carbocycles. The maximum absolute atomic E-state index is 10.2. The van der Waals surface area contributed by atoms with Crippen LogP contribution in [0.4, 0.5) is 5.69 Å². The van der Waals surface area contributed by atoms with E-state index < -0.39 is 0 Å². The molecule has 3 rings (SSSR count). The molecular weight excluding hydrogens is 397 g/mol. The molecule has 1 unspecified atom stereocenters. The van der Waals surface area contributed by atoms with Crippen molar-refractivity contribution in [2.75, 3.05) is 0 Å². The van der Waals surface area contributed by atoms with Crippen LogP contribution in [0, 0.1) is 13.8 Å². The summed E-state index contributed by atoms with van der Waals surface area (Å²) in [7, 11) is 5.07. The van der Waals surface area contributed by atoms with Crippen LogP contribution in [0.1, 0.15) is 16.7 Å². The first kappa shape index (κ1) is 21.0. The van der Waals surface area contributed by atoms with Gasteiger partial charge >= 0.3 is 28.7 Å². The van der Waals surface area contributed by atoms with Gasteiger partial charge in [0.1, 0.15) is 5.75 Å². The van der Waals surface area contributed by atoms with E-state index in [1.54, 1.807) is 6.07 Å². The molecule has 0 amide bonds. The molecular formula is C21H21ClNOPTi. The quantitative estimate of drug-likeness (QED) is 0.430. The zero-order valence-electron chi connectivity index (χ0n) is 14.8. The summed E-state index contributed by atoms with van der Waals surface area (Å²) in [5.41, 5.74) is 4.62. The van der Waals surface area contributed by atoms with Crippen LogP contribution in [0.25, 0.3) is 5.32 Å². The molecule has 2 nitrogen and oxygen atoms in total. The number of benzene rings is 3. The predicted molar refractivity (Wildman–Crippen MR) is 111 cm³/mol. The van der Waals surface area contributed by atoms with Crippen LogP contribution >= 0.6 is 17.9 Å². The maximum atomic E-state index is 10.2. The number of hydrogen-bond acceptors (Lipinski definition) is 1. The van der Waals surface area contributed by atoms with Crippen molar-refractivity contribution in [3.63, 3.8) is 0 Å². The Hall–Kier alpha value is -1.31. The molecule has 3 aromatic carbocycles. The molecule has 0 bridgehead atoms. The Bertz CT molecular complexity index is 843. The fourth-order valence-electron chi connectivity index (χ4n) is 2.63. The molecule has 0 aromatic heterocycles. The first-order valence-electron chi connectivity index (χ1n) is 8.20. The number of halogens is 1. The number of aromatic hydroxyl groups is 1. The summed E-state index contributed by atoms with van der Waals surface area (Å²) in [6.07, 6.45) is 0. The van der Waals surface area contributed by atoms with Crippen LogP contribution < -0.4 is 10.6 Å². The number of phenolic OH excluding ortho intramolecular Hbond substituents is 1. The van der Waals surface area contributed by atoms with Gasteiger partial charge in [0.15, 0.2) is 0 Å². The van der Waals surface area contributed by atoms with E-state index in [0.29, 0.717) is 20.9 Å². The second kappa shape index (κ2) is 10.7. The summed E-state index contributed by atoms with van der Waals surface area (Å²) in [6, 6.07) is 22.2. The average Bonchev–Trinajstić information content (AvgIpc) is 2.67. The van der Waals surface area contributed by atoms with Gasteiger partial charge in [-0.05, 0) is 36.8 Å². The molecule has 0 saturated carbocycles. The number of aryl methyl sites for hydroxylation is 2. The number of para-hydroxylation sites is 1. The standard InChI is InChI=1S/C21H21NOP.ClH.Ti/c1-15-11-12-19(23)20(13-15)24-21-16(2)7-6-8-17(21)14-22-18-9-4-3-5-10-18;;/h3-13,23-24H,14H2,1-2H3;1H;/q-1;;+2/p-1. The Morgan fingerprint density at radius 1 is 0.962 bits per heavy atom. The normalized spacial score (nSPS) is 10.4. The van der Waals surface area contributed by atoms with Crippen molar-refractivity contribution in [1.29, 1.82) is 0 Å². The molecule has 0 spiro atoms. The van der Waals surface area contributed by atoms with E-state index in [1.807, 2.05) is 36.4 Å². The molecule has 0 saturated heterocycles. The fraction of sp³-hybridized carbons (Fsp3) is 0.143. The van der Waals surface area contributed by atoms with Crippen molar-refractivity contribution in [3.8, 4) is 5.75 Å². The van der Waals surface area contributed by atoms with E-state index in [1.165, 1.54) is 41.4 Å². The third kappa shape index (κ3) is 5.86. The zero-order valence-corrected chi connectivity index (χ0v) is 18.1. The second-order valence-corrected chi connectivity index (χ2v) is 7.20. The number of nitrogens with zero attached hydrogens (tertiary/aromatic N) is 1. The van der Waals surface area contributed by atoms with Gasteiger partial charge in [-0.1, -0.05) is 74.3 Å². The van der Waals surface area contributed by atoms with Gasteiger partial charge in [0.25, 0.3) is 0 Å². The van der Waals surface area contributed by atoms with Crippen molar-refractivity contribution in [3.05, 3.63) is 88.7 Å². The molecule has 1 atom stereocenters. The van der Waals surface area contributed by atoms with Crippen LogP contribution in [0.5, 0.6) is 5.75 Å². The summed E-state index contributed by atoms with van der Waals surface area (Å²) in [4.78, 5) is 0. The van der Waals surface area contributed by atoms with Gasteiger partial charge in [0.05, 0.1) is 0 Å². The number of phenols is 1. The van der Waals surface area contributed by atoms with Crippen molar-refractivity contribution >= 4 is 34.2 Å². The van der Waals surface area contributed by atoms with Gasteiger partial charge in [0.2, 0.25) is 0 Å². The molecule has 0 aliphatic rings. The van der Waals surface area contributed by atoms with Crippen molar-refractivity contribution in [2.24, 2.45) is 0 Å². The van der Waals surface area contributed by atoms with Gasteiger partial charge in [-0.25, -0.2) is 0 Å². The van der Waals surface area contributed by atoms with Gasteiger partial charge in [-0.3, -0.25) is 0 Å². The summed E-state index contributed by atoms with van der Waals surface area (Å²) in [6.45, 7) is 4.83. The molecule has 26 heavy (non-hydrogen) atoms. The van der Waals surface area contributed by atoms with Gasteiger partial charge in [-0.15, -0.1) is 12.2 Å². The minimum absolute atomic E-state index is 0.369. The number of rotatable bonds is 5. The van der Waals surface area contributed by atoms with Gasteiger partial charge in [-0.2, -0.15) is 0 Å². The topological polar surface area (TPSA) is 34.3 Å². The molecule has 0 radical (unpaired) electrons. The van der Waals surface area contributed by atoms with E-state index in [4.69, 9.17) is 5.32 Å². The van der Waals surface area contributed by atoms with Crippen molar-refractivity contribution < 1.29 is 24.5 Å². The van der Waals surface area contributed by atoms with E-state index in [-0.39, 0.29) is 0 Å². The van der Waals surface area contributed by atoms with E-state index in [2.05, 4.69) is 47.4 Å². The molecule has 0 aliphatic heterocycles. The average molecular weight is 418 g/mol. The van der Waals surface area contributed by atoms with Gasteiger partial charge in [0, 0.05) is 5.30 Å². The SMILES string of the molecule is Cc1ccc(O)c(Pc2c(C)cccc2C[N-]c2ccccc2)c1.[Cl][Ti+]. The Morgan fingerprint density at radius 3 is 2.42 bits per heavy atom. The molecule has 5 heteroatoms. The third-order valence-electron chi connectivity index (χ3n) is 3.96. The minimum atomic E-state index is 0.369. The third-order valence-corrected chi connectivity index (χ3v) is 5.59. The first-order valence-corrected chi connectivity index (χ1v) is 11.3. The van der Waals surface area contributed by atoms with Crippen LogP contribution in [0.3, 0.4) is 0 Å². The van der Waals surface area contributed by atoms with Crippen LogP contribution in [-0.2, 0) is 25.9 Å². The fourth-order valence-corrected chi connectivity index (χ4v) is 4.02. The monoisotopic (exact) mass is 417 g/mol. The van der Waals surface area contributed by atoms with E-state index in [0.717, 1.165) is 11.0 Å². The summed E-state index contributed by atoms with van der Waals surface area (Å²) >= 11 is 1.47. The molecule has 132 valence electrons. The van der Waals surface area contributed by atoms with Crippen molar-refractivity contribution in [2.45, 2.75) is 20.4 Å². The Labute approximate surface area is 173 Å². The molecule has 0 fully saturated rings. The summed E-state index contributed by atoms with van der Waals surface area (Å²) in [5.74, 6) is 0.369. The zero-order chi connectivity index (χ0) is 18.9.